The van der Waals surface area contributed by atoms with Gasteiger partial charge in [-0.3, -0.25) is 4.79 Å². The third kappa shape index (κ3) is 4.13. The number of hydrogen-bond donors (Lipinski definition) is 1. The Balaban J connectivity index is 1.70. The highest BCUT2D eigenvalue weighted by Gasteiger charge is 2.41. The fourth-order valence-electron chi connectivity index (χ4n) is 1.96. The van der Waals surface area contributed by atoms with Crippen molar-refractivity contribution in [2.75, 3.05) is 19.5 Å². The van der Waals surface area contributed by atoms with E-state index in [1.165, 1.54) is 0 Å². The molecule has 3 nitrogen and oxygen atoms in total. The topological polar surface area (TPSA) is 38.3 Å². The molecular weight excluding hydrogens is 262 g/mol. The van der Waals surface area contributed by atoms with Crippen LogP contribution < -0.4 is 10.1 Å². The molecule has 1 aliphatic carbocycles. The largest absolute Gasteiger partial charge is 0.497 e. The molecule has 0 atom stereocenters. The average Bonchev–Trinajstić information content (AvgIpc) is 3.24. The summed E-state index contributed by atoms with van der Waals surface area (Å²) in [6.07, 6.45) is 3.54. The number of methoxy groups -OCH3 is 1. The van der Waals surface area contributed by atoms with Crippen LogP contribution in [0.1, 0.15) is 24.8 Å². The molecule has 0 aromatic heterocycles. The molecule has 19 heavy (non-hydrogen) atoms. The first-order valence-electron chi connectivity index (χ1n) is 6.63. The van der Waals surface area contributed by atoms with Crippen molar-refractivity contribution in [2.24, 2.45) is 5.41 Å². The molecule has 0 unspecified atom stereocenters. The Kier molecular flexibility index (Phi) is 4.70. The number of hydrogen-bond acceptors (Lipinski definition) is 2. The highest BCUT2D eigenvalue weighted by Crippen LogP contribution is 2.45. The van der Waals surface area contributed by atoms with Gasteiger partial charge in [0.1, 0.15) is 5.75 Å². The quantitative estimate of drug-likeness (QED) is 0.781. The Morgan fingerprint density at radius 3 is 2.58 bits per heavy atom. The number of nitrogens with one attached hydrogen (secondary N) is 1. The van der Waals surface area contributed by atoms with Crippen LogP contribution in [-0.4, -0.2) is 25.4 Å². The number of ether oxygens (including phenoxy) is 1. The van der Waals surface area contributed by atoms with E-state index in [-0.39, 0.29) is 11.3 Å². The SMILES string of the molecule is COc1ccc(CCC(=O)NCC2(CCl)CC2)cc1. The second-order valence-corrected chi connectivity index (χ2v) is 5.53. The standard InChI is InChI=1S/C15H20ClNO2/c1-19-13-5-2-12(3-6-13)4-7-14(18)17-11-15(10-16)8-9-15/h2-3,5-6H,4,7-11H2,1H3,(H,17,18). The van der Waals surface area contributed by atoms with Gasteiger partial charge >= 0.3 is 0 Å². The molecular formula is C15H20ClNO2. The van der Waals surface area contributed by atoms with E-state index >= 15 is 0 Å². The highest BCUT2D eigenvalue weighted by atomic mass is 35.5. The molecule has 0 radical (unpaired) electrons. The van der Waals surface area contributed by atoms with E-state index in [2.05, 4.69) is 5.32 Å². The lowest BCUT2D eigenvalue weighted by Gasteiger charge is -2.12. The number of carbonyl (C=O) groups is 1. The zero-order valence-corrected chi connectivity index (χ0v) is 12.0. The molecule has 1 aliphatic rings. The van der Waals surface area contributed by atoms with Crippen molar-refractivity contribution in [2.45, 2.75) is 25.7 Å². The summed E-state index contributed by atoms with van der Waals surface area (Å²) in [5.74, 6) is 1.59. The minimum atomic E-state index is 0.104. The molecule has 1 N–H and O–H groups in total. The number of benzene rings is 1. The molecule has 1 fully saturated rings. The van der Waals surface area contributed by atoms with Gasteiger partial charge in [0, 0.05) is 24.3 Å². The molecule has 104 valence electrons. The summed E-state index contributed by atoms with van der Waals surface area (Å²) in [5.41, 5.74) is 1.34. The van der Waals surface area contributed by atoms with Gasteiger partial charge in [-0.2, -0.15) is 0 Å². The summed E-state index contributed by atoms with van der Waals surface area (Å²) in [6, 6.07) is 7.82. The van der Waals surface area contributed by atoms with Crippen LogP contribution in [0.5, 0.6) is 5.75 Å². The number of halogens is 1. The fraction of sp³-hybridized carbons (Fsp3) is 0.533. The van der Waals surface area contributed by atoms with Crippen LogP contribution in [0.15, 0.2) is 24.3 Å². The number of aryl methyl sites for hydroxylation is 1. The van der Waals surface area contributed by atoms with Gasteiger partial charge in [0.2, 0.25) is 5.91 Å². The molecule has 0 aliphatic heterocycles. The molecule has 0 bridgehead atoms. The molecule has 0 spiro atoms. The van der Waals surface area contributed by atoms with Gasteiger partial charge in [-0.1, -0.05) is 12.1 Å². The van der Waals surface area contributed by atoms with Crippen LogP contribution >= 0.6 is 11.6 Å². The van der Waals surface area contributed by atoms with E-state index in [4.69, 9.17) is 16.3 Å². The Bertz CT molecular complexity index is 426. The zero-order valence-electron chi connectivity index (χ0n) is 11.2. The van der Waals surface area contributed by atoms with E-state index in [0.717, 1.165) is 37.1 Å². The zero-order chi connectivity index (χ0) is 13.7. The third-order valence-electron chi connectivity index (χ3n) is 3.70. The monoisotopic (exact) mass is 281 g/mol. The lowest BCUT2D eigenvalue weighted by Crippen LogP contribution is -2.31. The van der Waals surface area contributed by atoms with Crippen molar-refractivity contribution in [1.82, 2.24) is 5.32 Å². The van der Waals surface area contributed by atoms with Gasteiger partial charge in [0.15, 0.2) is 0 Å². The lowest BCUT2D eigenvalue weighted by molar-refractivity contribution is -0.121. The Labute approximate surface area is 119 Å². The van der Waals surface area contributed by atoms with Crippen molar-refractivity contribution in [1.29, 1.82) is 0 Å². The molecule has 0 saturated heterocycles. The highest BCUT2D eigenvalue weighted by molar-refractivity contribution is 6.18. The Hall–Kier alpha value is -1.22. The Morgan fingerprint density at radius 1 is 1.37 bits per heavy atom. The molecule has 4 heteroatoms. The lowest BCUT2D eigenvalue weighted by atomic mass is 10.1. The minimum Gasteiger partial charge on any atom is -0.497 e. The fourth-order valence-corrected chi connectivity index (χ4v) is 2.32. The van der Waals surface area contributed by atoms with Crippen LogP contribution in [-0.2, 0) is 11.2 Å². The van der Waals surface area contributed by atoms with Crippen LogP contribution in [0.3, 0.4) is 0 Å². The summed E-state index contributed by atoms with van der Waals surface area (Å²) in [5, 5.41) is 2.98. The molecule has 1 aromatic carbocycles. The van der Waals surface area contributed by atoms with Crippen LogP contribution in [0.4, 0.5) is 0 Å². The maximum Gasteiger partial charge on any atom is 0.220 e. The van der Waals surface area contributed by atoms with Gasteiger partial charge < -0.3 is 10.1 Å². The summed E-state index contributed by atoms with van der Waals surface area (Å²) in [6.45, 7) is 0.720. The van der Waals surface area contributed by atoms with Gasteiger partial charge in [-0.05, 0) is 37.0 Å². The summed E-state index contributed by atoms with van der Waals surface area (Å²) in [7, 11) is 1.65. The van der Waals surface area contributed by atoms with Crippen molar-refractivity contribution < 1.29 is 9.53 Å². The van der Waals surface area contributed by atoms with E-state index in [0.29, 0.717) is 12.3 Å². The predicted molar refractivity (Wildman–Crippen MR) is 76.7 cm³/mol. The van der Waals surface area contributed by atoms with Crippen LogP contribution in [0, 0.1) is 5.41 Å². The maximum absolute atomic E-state index is 11.8. The molecule has 1 amide bonds. The van der Waals surface area contributed by atoms with Gasteiger partial charge in [-0.15, -0.1) is 11.6 Å². The normalized spacial score (nSPS) is 15.9. The molecule has 1 saturated carbocycles. The molecule has 2 rings (SSSR count). The first-order valence-corrected chi connectivity index (χ1v) is 7.16. The number of carbonyl (C=O) groups excluding carboxylic acids is 1. The first kappa shape index (κ1) is 14.2. The molecule has 1 aromatic rings. The van der Waals surface area contributed by atoms with Crippen molar-refractivity contribution in [3.05, 3.63) is 29.8 Å². The number of rotatable bonds is 7. The second kappa shape index (κ2) is 6.29. The van der Waals surface area contributed by atoms with E-state index in [1.807, 2.05) is 24.3 Å². The maximum atomic E-state index is 11.8. The predicted octanol–water partition coefficient (Wildman–Crippen LogP) is 2.76. The summed E-state index contributed by atoms with van der Waals surface area (Å²) >= 11 is 5.88. The van der Waals surface area contributed by atoms with Gasteiger partial charge in [0.25, 0.3) is 0 Å². The average molecular weight is 282 g/mol. The van der Waals surface area contributed by atoms with Gasteiger partial charge in [-0.25, -0.2) is 0 Å². The van der Waals surface area contributed by atoms with Crippen molar-refractivity contribution >= 4 is 17.5 Å². The third-order valence-corrected chi connectivity index (χ3v) is 4.27. The van der Waals surface area contributed by atoms with E-state index in [9.17, 15) is 4.79 Å². The van der Waals surface area contributed by atoms with E-state index < -0.39 is 0 Å². The minimum absolute atomic E-state index is 0.104. The summed E-state index contributed by atoms with van der Waals surface area (Å²) < 4.78 is 5.10. The summed E-state index contributed by atoms with van der Waals surface area (Å²) in [4.78, 5) is 11.8. The molecule has 0 heterocycles. The van der Waals surface area contributed by atoms with Crippen molar-refractivity contribution in [3.63, 3.8) is 0 Å². The van der Waals surface area contributed by atoms with Crippen molar-refractivity contribution in [3.8, 4) is 5.75 Å². The van der Waals surface area contributed by atoms with Gasteiger partial charge in [0.05, 0.1) is 7.11 Å². The number of alkyl halides is 1. The van der Waals surface area contributed by atoms with E-state index in [1.54, 1.807) is 7.11 Å². The smallest absolute Gasteiger partial charge is 0.220 e. The van der Waals surface area contributed by atoms with Crippen LogP contribution in [0.2, 0.25) is 0 Å². The number of amides is 1. The second-order valence-electron chi connectivity index (χ2n) is 5.26. The Morgan fingerprint density at radius 2 is 2.05 bits per heavy atom. The first-order chi connectivity index (χ1) is 9.17. The van der Waals surface area contributed by atoms with Crippen LogP contribution in [0.25, 0.3) is 0 Å².